The van der Waals surface area contributed by atoms with E-state index in [1.54, 1.807) is 41.5 Å². The Morgan fingerprint density at radius 3 is 2.10 bits per heavy atom. The molecule has 1 amide bonds. The minimum atomic E-state index is -0.955. The minimum absolute atomic E-state index is 0.0493. The van der Waals surface area contributed by atoms with Gasteiger partial charge >= 0.3 is 12.1 Å². The maximum absolute atomic E-state index is 12.1. The van der Waals surface area contributed by atoms with Crippen molar-refractivity contribution in [2.75, 3.05) is 6.54 Å². The molecule has 1 aliphatic heterocycles. The van der Waals surface area contributed by atoms with Crippen molar-refractivity contribution in [1.29, 1.82) is 0 Å². The van der Waals surface area contributed by atoms with E-state index in [4.69, 9.17) is 9.47 Å². The molecule has 0 fully saturated rings. The maximum Gasteiger partial charge on any atom is 0.411 e. The van der Waals surface area contributed by atoms with E-state index in [1.165, 1.54) is 6.08 Å². The number of aliphatic hydroxyl groups is 1. The second kappa shape index (κ2) is 5.34. The summed E-state index contributed by atoms with van der Waals surface area (Å²) >= 11 is 0. The minimum Gasteiger partial charge on any atom is -0.511 e. The molecule has 20 heavy (non-hydrogen) atoms. The third-order valence-corrected chi connectivity index (χ3v) is 2.29. The lowest BCUT2D eigenvalue weighted by Gasteiger charge is -2.29. The van der Waals surface area contributed by atoms with Gasteiger partial charge in [0.25, 0.3) is 0 Å². The summed E-state index contributed by atoms with van der Waals surface area (Å²) < 4.78 is 10.5. The van der Waals surface area contributed by atoms with Crippen molar-refractivity contribution in [2.45, 2.75) is 58.8 Å². The van der Waals surface area contributed by atoms with Crippen molar-refractivity contribution in [3.05, 3.63) is 11.8 Å². The molecule has 0 aromatic carbocycles. The number of nitrogens with zero attached hydrogens (tertiary/aromatic N) is 1. The lowest BCUT2D eigenvalue weighted by molar-refractivity contribution is -0.158. The van der Waals surface area contributed by atoms with Gasteiger partial charge in [-0.05, 0) is 47.6 Å². The number of esters is 1. The number of carbonyl (C=O) groups excluding carboxylic acids is 2. The molecule has 0 radical (unpaired) electrons. The van der Waals surface area contributed by atoms with E-state index >= 15 is 0 Å². The summed E-state index contributed by atoms with van der Waals surface area (Å²) in [4.78, 5) is 25.2. The topological polar surface area (TPSA) is 76.1 Å². The van der Waals surface area contributed by atoms with Crippen LogP contribution < -0.4 is 0 Å². The summed E-state index contributed by atoms with van der Waals surface area (Å²) in [6.07, 6.45) is 0.645. The molecular weight excluding hydrogens is 262 g/mol. The lowest BCUT2D eigenvalue weighted by Crippen LogP contribution is -2.46. The van der Waals surface area contributed by atoms with E-state index < -0.39 is 29.3 Å². The highest BCUT2D eigenvalue weighted by atomic mass is 16.6. The van der Waals surface area contributed by atoms with Gasteiger partial charge in [-0.3, -0.25) is 4.90 Å². The SMILES string of the molecule is CC(C)(C)OC(=O)C1C=C(O)CN1C(=O)OC(C)(C)C. The number of aliphatic hydroxyl groups excluding tert-OH is 1. The lowest BCUT2D eigenvalue weighted by atomic mass is 10.2. The molecule has 0 saturated heterocycles. The first-order valence-corrected chi connectivity index (χ1v) is 6.51. The average Bonchev–Trinajstić information content (AvgIpc) is 2.55. The molecule has 1 heterocycles. The monoisotopic (exact) mass is 285 g/mol. The second-order valence-electron chi connectivity index (χ2n) is 6.74. The summed E-state index contributed by atoms with van der Waals surface area (Å²) in [5.41, 5.74) is -1.34. The van der Waals surface area contributed by atoms with E-state index in [0.717, 1.165) is 4.90 Å². The molecule has 114 valence electrons. The van der Waals surface area contributed by atoms with Gasteiger partial charge in [-0.1, -0.05) is 0 Å². The maximum atomic E-state index is 12.1. The second-order valence-corrected chi connectivity index (χ2v) is 6.74. The molecule has 0 saturated carbocycles. The van der Waals surface area contributed by atoms with E-state index in [1.807, 2.05) is 0 Å². The van der Waals surface area contributed by atoms with Crippen molar-refractivity contribution >= 4 is 12.1 Å². The van der Waals surface area contributed by atoms with E-state index in [2.05, 4.69) is 0 Å². The number of hydrogen-bond acceptors (Lipinski definition) is 5. The first kappa shape index (κ1) is 16.3. The molecule has 1 rings (SSSR count). The van der Waals surface area contributed by atoms with Gasteiger partial charge in [0, 0.05) is 0 Å². The summed E-state index contributed by atoms with van der Waals surface area (Å²) in [6.45, 7) is 10.4. The summed E-state index contributed by atoms with van der Waals surface area (Å²) in [6, 6.07) is -0.955. The molecule has 0 aromatic rings. The van der Waals surface area contributed by atoms with Crippen molar-refractivity contribution in [3.8, 4) is 0 Å². The summed E-state index contributed by atoms with van der Waals surface area (Å²) in [5, 5.41) is 9.57. The zero-order chi connectivity index (χ0) is 15.7. The van der Waals surface area contributed by atoms with Crippen molar-refractivity contribution < 1.29 is 24.2 Å². The highest BCUT2D eigenvalue weighted by Crippen LogP contribution is 2.21. The zero-order valence-electron chi connectivity index (χ0n) is 12.9. The van der Waals surface area contributed by atoms with Gasteiger partial charge < -0.3 is 14.6 Å². The van der Waals surface area contributed by atoms with Gasteiger partial charge in [-0.2, -0.15) is 0 Å². The number of hydrogen-bond donors (Lipinski definition) is 1. The molecule has 1 N–H and O–H groups in total. The smallest absolute Gasteiger partial charge is 0.411 e. The molecule has 1 atom stereocenters. The van der Waals surface area contributed by atoms with Crippen LogP contribution >= 0.6 is 0 Å². The molecule has 0 aliphatic carbocycles. The van der Waals surface area contributed by atoms with Crippen molar-refractivity contribution in [2.24, 2.45) is 0 Å². The van der Waals surface area contributed by atoms with Crippen LogP contribution in [0.3, 0.4) is 0 Å². The molecule has 0 spiro atoms. The van der Waals surface area contributed by atoms with Crippen LogP contribution in [0.1, 0.15) is 41.5 Å². The van der Waals surface area contributed by atoms with Crippen LogP contribution in [0.4, 0.5) is 4.79 Å². The van der Waals surface area contributed by atoms with Crippen molar-refractivity contribution in [1.82, 2.24) is 4.90 Å². The van der Waals surface area contributed by atoms with Crippen LogP contribution in [0.5, 0.6) is 0 Å². The third-order valence-electron chi connectivity index (χ3n) is 2.29. The summed E-state index contributed by atoms with van der Waals surface area (Å²) in [7, 11) is 0. The normalized spacial score (nSPS) is 19.6. The van der Waals surface area contributed by atoms with Gasteiger partial charge in [-0.25, -0.2) is 9.59 Å². The van der Waals surface area contributed by atoms with E-state index in [9.17, 15) is 14.7 Å². The summed E-state index contributed by atoms with van der Waals surface area (Å²) in [5.74, 6) is -0.640. The molecule has 0 bridgehead atoms. The quantitative estimate of drug-likeness (QED) is 0.749. The highest BCUT2D eigenvalue weighted by molar-refractivity contribution is 5.85. The Bertz CT molecular complexity index is 428. The largest absolute Gasteiger partial charge is 0.511 e. The van der Waals surface area contributed by atoms with Crippen LogP contribution in [-0.2, 0) is 14.3 Å². The Balaban J connectivity index is 2.82. The molecule has 1 unspecified atom stereocenters. The fourth-order valence-electron chi connectivity index (χ4n) is 1.65. The Morgan fingerprint density at radius 2 is 1.65 bits per heavy atom. The number of rotatable bonds is 1. The van der Waals surface area contributed by atoms with Gasteiger partial charge in [0.05, 0.1) is 6.54 Å². The first-order valence-electron chi connectivity index (χ1n) is 6.51. The zero-order valence-corrected chi connectivity index (χ0v) is 12.9. The molecule has 1 aliphatic rings. The Hall–Kier alpha value is -1.72. The molecular formula is C14H23NO5. The Morgan fingerprint density at radius 1 is 1.15 bits per heavy atom. The van der Waals surface area contributed by atoms with Crippen molar-refractivity contribution in [3.63, 3.8) is 0 Å². The molecule has 0 aromatic heterocycles. The number of ether oxygens (including phenoxy) is 2. The fourth-order valence-corrected chi connectivity index (χ4v) is 1.65. The van der Waals surface area contributed by atoms with Gasteiger partial charge in [0.15, 0.2) is 6.04 Å². The fraction of sp³-hybridized carbons (Fsp3) is 0.714. The predicted octanol–water partition coefficient (Wildman–Crippen LogP) is 2.39. The average molecular weight is 285 g/mol. The van der Waals surface area contributed by atoms with Gasteiger partial charge in [0.2, 0.25) is 0 Å². The van der Waals surface area contributed by atoms with Crippen LogP contribution in [0.2, 0.25) is 0 Å². The Labute approximate surface area is 119 Å². The Kier molecular flexibility index (Phi) is 4.36. The van der Waals surface area contributed by atoms with E-state index in [-0.39, 0.29) is 12.3 Å². The first-order chi connectivity index (χ1) is 8.89. The van der Waals surface area contributed by atoms with E-state index in [0.29, 0.717) is 0 Å². The molecule has 6 heteroatoms. The highest BCUT2D eigenvalue weighted by Gasteiger charge is 2.38. The van der Waals surface area contributed by atoms with Gasteiger partial charge in [-0.15, -0.1) is 0 Å². The van der Waals surface area contributed by atoms with Crippen LogP contribution in [0.25, 0.3) is 0 Å². The third kappa shape index (κ3) is 4.75. The number of carbonyl (C=O) groups is 2. The van der Waals surface area contributed by atoms with Crippen LogP contribution in [-0.4, -0.2) is 45.9 Å². The van der Waals surface area contributed by atoms with Crippen LogP contribution in [0, 0.1) is 0 Å². The predicted molar refractivity (Wildman–Crippen MR) is 73.3 cm³/mol. The number of amides is 1. The van der Waals surface area contributed by atoms with Crippen LogP contribution in [0.15, 0.2) is 11.8 Å². The standard InChI is InChI=1S/C14H23NO5/c1-13(2,3)19-11(17)10-7-9(16)8-15(10)12(18)20-14(4,5)6/h7,10,16H,8H2,1-6H3. The molecule has 6 nitrogen and oxygen atoms in total. The van der Waals surface area contributed by atoms with Gasteiger partial charge in [0.1, 0.15) is 17.0 Å².